The molecule has 1 saturated heterocycles. The van der Waals surface area contributed by atoms with Crippen molar-refractivity contribution < 1.29 is 18.4 Å². The number of aromatic nitrogens is 2. The zero-order valence-corrected chi connectivity index (χ0v) is 12.5. The summed E-state index contributed by atoms with van der Waals surface area (Å²) in [7, 11) is 0. The summed E-state index contributed by atoms with van der Waals surface area (Å²) in [5, 5.41) is 11.4. The highest BCUT2D eigenvalue weighted by Gasteiger charge is 2.36. The average Bonchev–Trinajstić information content (AvgIpc) is 3.31. The Kier molecular flexibility index (Phi) is 4.29. The van der Waals surface area contributed by atoms with Gasteiger partial charge in [-0.25, -0.2) is 9.37 Å². The number of amides is 2. The molecule has 0 aromatic carbocycles. The van der Waals surface area contributed by atoms with E-state index in [1.807, 2.05) is 6.07 Å². The van der Waals surface area contributed by atoms with Gasteiger partial charge in [0.15, 0.2) is 6.39 Å². The second-order valence-electron chi connectivity index (χ2n) is 5.42. The van der Waals surface area contributed by atoms with Crippen LogP contribution in [0, 0.1) is 11.3 Å². The molecule has 2 N–H and O–H groups in total. The highest BCUT2D eigenvalue weighted by atomic mass is 19.1. The summed E-state index contributed by atoms with van der Waals surface area (Å²) in [5.41, 5.74) is 0.469. The number of rotatable bonds is 4. The van der Waals surface area contributed by atoms with Crippen molar-refractivity contribution >= 4 is 11.8 Å². The Balaban J connectivity index is 1.66. The number of aromatic amines is 1. The van der Waals surface area contributed by atoms with Gasteiger partial charge in [0.2, 0.25) is 5.76 Å². The first-order valence-corrected chi connectivity index (χ1v) is 7.29. The van der Waals surface area contributed by atoms with E-state index in [0.717, 1.165) is 6.39 Å². The van der Waals surface area contributed by atoms with E-state index in [9.17, 15) is 14.0 Å². The summed E-state index contributed by atoms with van der Waals surface area (Å²) in [6.45, 7) is 0.0418. The Morgan fingerprint density at radius 1 is 1.54 bits per heavy atom. The molecule has 2 aromatic rings. The van der Waals surface area contributed by atoms with E-state index in [2.05, 4.69) is 15.3 Å². The molecule has 0 aliphatic carbocycles. The maximum Gasteiger partial charge on any atom is 0.288 e. The summed E-state index contributed by atoms with van der Waals surface area (Å²) in [4.78, 5) is 32.0. The van der Waals surface area contributed by atoms with Crippen LogP contribution in [0.5, 0.6) is 0 Å². The Labute approximate surface area is 136 Å². The van der Waals surface area contributed by atoms with Crippen molar-refractivity contribution in [2.45, 2.75) is 18.6 Å². The van der Waals surface area contributed by atoms with E-state index in [-0.39, 0.29) is 36.7 Å². The van der Waals surface area contributed by atoms with Gasteiger partial charge in [0.1, 0.15) is 23.6 Å². The number of alkyl halides is 1. The second-order valence-corrected chi connectivity index (χ2v) is 5.42. The third-order valence-electron chi connectivity index (χ3n) is 3.82. The molecule has 1 fully saturated rings. The molecule has 3 rings (SSSR count). The highest BCUT2D eigenvalue weighted by molar-refractivity contribution is 5.93. The van der Waals surface area contributed by atoms with E-state index >= 15 is 0 Å². The van der Waals surface area contributed by atoms with Crippen molar-refractivity contribution in [3.63, 3.8) is 0 Å². The molecule has 9 heteroatoms. The van der Waals surface area contributed by atoms with Gasteiger partial charge in [0, 0.05) is 13.0 Å². The van der Waals surface area contributed by atoms with E-state index in [1.54, 1.807) is 0 Å². The van der Waals surface area contributed by atoms with Crippen molar-refractivity contribution in [1.82, 2.24) is 20.2 Å². The molecule has 3 heterocycles. The molecule has 8 nitrogen and oxygen atoms in total. The molecule has 1 aliphatic heterocycles. The predicted octanol–water partition coefficient (Wildman–Crippen LogP) is 0.857. The van der Waals surface area contributed by atoms with Crippen LogP contribution in [0.1, 0.15) is 33.2 Å². The number of oxazole rings is 1. The quantitative estimate of drug-likeness (QED) is 0.862. The standard InChI is InChI=1S/C15H14FN5O3/c16-9-3-11(5-19-14(22)13-6-18-8-24-13)21(7-9)15(23)12-2-1-10(4-17)20-12/h1-2,6,8-9,11,20H,3,5,7H2,(H,19,22)/t9-,11-/m0/s1. The van der Waals surface area contributed by atoms with Crippen LogP contribution >= 0.6 is 0 Å². The van der Waals surface area contributed by atoms with Crippen LogP contribution < -0.4 is 5.32 Å². The molecule has 0 bridgehead atoms. The molecular formula is C15H14FN5O3. The molecule has 2 amide bonds. The average molecular weight is 331 g/mol. The first-order valence-electron chi connectivity index (χ1n) is 7.29. The zero-order valence-electron chi connectivity index (χ0n) is 12.5. The Morgan fingerprint density at radius 3 is 3.04 bits per heavy atom. The van der Waals surface area contributed by atoms with Crippen LogP contribution in [0.25, 0.3) is 0 Å². The van der Waals surface area contributed by atoms with E-state index in [0.29, 0.717) is 0 Å². The van der Waals surface area contributed by atoms with Gasteiger partial charge in [-0.1, -0.05) is 0 Å². The molecule has 124 valence electrons. The lowest BCUT2D eigenvalue weighted by atomic mass is 10.2. The number of hydrogen-bond acceptors (Lipinski definition) is 5. The number of H-pyrrole nitrogens is 1. The van der Waals surface area contributed by atoms with Crippen molar-refractivity contribution in [3.8, 4) is 6.07 Å². The fraction of sp³-hybridized carbons (Fsp3) is 0.333. The number of nitrogens with one attached hydrogen (secondary N) is 2. The Morgan fingerprint density at radius 2 is 2.38 bits per heavy atom. The lowest BCUT2D eigenvalue weighted by Crippen LogP contribution is -2.43. The monoisotopic (exact) mass is 331 g/mol. The molecule has 24 heavy (non-hydrogen) atoms. The number of hydrogen-bond donors (Lipinski definition) is 2. The van der Waals surface area contributed by atoms with Crippen molar-refractivity contribution in [2.24, 2.45) is 0 Å². The summed E-state index contributed by atoms with van der Waals surface area (Å²) in [5.74, 6) is -0.838. The largest absolute Gasteiger partial charge is 0.438 e. The second kappa shape index (κ2) is 6.54. The molecule has 2 atom stereocenters. The molecule has 0 unspecified atom stereocenters. The van der Waals surface area contributed by atoms with Crippen LogP contribution in [0.2, 0.25) is 0 Å². The number of halogens is 1. The van der Waals surface area contributed by atoms with Crippen LogP contribution in [-0.2, 0) is 0 Å². The van der Waals surface area contributed by atoms with Gasteiger partial charge < -0.3 is 19.6 Å². The number of nitriles is 1. The maximum absolute atomic E-state index is 13.8. The fourth-order valence-corrected chi connectivity index (χ4v) is 2.67. The molecule has 0 spiro atoms. The van der Waals surface area contributed by atoms with Crippen molar-refractivity contribution in [1.29, 1.82) is 5.26 Å². The third-order valence-corrected chi connectivity index (χ3v) is 3.82. The zero-order chi connectivity index (χ0) is 17.1. The van der Waals surface area contributed by atoms with Gasteiger partial charge in [-0.3, -0.25) is 9.59 Å². The number of likely N-dealkylation sites (tertiary alicyclic amines) is 1. The Hall–Kier alpha value is -3.15. The molecule has 1 aliphatic rings. The first kappa shape index (κ1) is 15.7. The fourth-order valence-electron chi connectivity index (χ4n) is 2.67. The van der Waals surface area contributed by atoms with Crippen LogP contribution in [-0.4, -0.2) is 52.0 Å². The molecule has 0 saturated carbocycles. The van der Waals surface area contributed by atoms with Crippen LogP contribution in [0.3, 0.4) is 0 Å². The molecular weight excluding hydrogens is 317 g/mol. The molecule has 2 aromatic heterocycles. The smallest absolute Gasteiger partial charge is 0.288 e. The lowest BCUT2D eigenvalue weighted by Gasteiger charge is -2.23. The van der Waals surface area contributed by atoms with Gasteiger partial charge >= 0.3 is 0 Å². The minimum absolute atomic E-state index is 0.0469. The minimum Gasteiger partial charge on any atom is -0.438 e. The SMILES string of the molecule is N#Cc1ccc(C(=O)N2C[C@@H](F)C[C@H]2CNC(=O)c2cnco2)[nH]1. The Bertz CT molecular complexity index is 779. The van der Waals surface area contributed by atoms with E-state index in [1.165, 1.54) is 23.2 Å². The number of nitrogens with zero attached hydrogens (tertiary/aromatic N) is 3. The van der Waals surface area contributed by atoms with Crippen molar-refractivity contribution in [3.05, 3.63) is 41.9 Å². The van der Waals surface area contributed by atoms with Gasteiger partial charge in [-0.2, -0.15) is 5.26 Å². The predicted molar refractivity (Wildman–Crippen MR) is 78.7 cm³/mol. The minimum atomic E-state index is -1.16. The summed E-state index contributed by atoms with van der Waals surface area (Å²) in [6, 6.07) is 4.38. The van der Waals surface area contributed by atoms with Gasteiger partial charge in [-0.05, 0) is 12.1 Å². The normalized spacial score (nSPS) is 19.9. The third kappa shape index (κ3) is 3.12. The summed E-state index contributed by atoms with van der Waals surface area (Å²) >= 11 is 0. The van der Waals surface area contributed by atoms with Crippen molar-refractivity contribution in [2.75, 3.05) is 13.1 Å². The van der Waals surface area contributed by atoms with Gasteiger partial charge in [-0.15, -0.1) is 0 Å². The summed E-state index contributed by atoms with van der Waals surface area (Å²) in [6.07, 6.45) is 1.38. The first-order chi connectivity index (χ1) is 11.6. The van der Waals surface area contributed by atoms with Gasteiger partial charge in [0.05, 0.1) is 18.8 Å². The highest BCUT2D eigenvalue weighted by Crippen LogP contribution is 2.22. The number of carbonyl (C=O) groups excluding carboxylic acids is 2. The van der Waals surface area contributed by atoms with Crippen LogP contribution in [0.15, 0.2) is 29.1 Å². The topological polar surface area (TPSA) is 115 Å². The van der Waals surface area contributed by atoms with Gasteiger partial charge in [0.25, 0.3) is 11.8 Å². The van der Waals surface area contributed by atoms with E-state index in [4.69, 9.17) is 9.68 Å². The molecule has 0 radical (unpaired) electrons. The summed E-state index contributed by atoms with van der Waals surface area (Å²) < 4.78 is 18.6. The van der Waals surface area contributed by atoms with Crippen LogP contribution in [0.4, 0.5) is 4.39 Å². The maximum atomic E-state index is 13.8. The van der Waals surface area contributed by atoms with E-state index < -0.39 is 24.0 Å². The number of carbonyl (C=O) groups is 2. The lowest BCUT2D eigenvalue weighted by molar-refractivity contribution is 0.0712.